The molecule has 0 aromatic carbocycles. The summed E-state index contributed by atoms with van der Waals surface area (Å²) < 4.78 is 1.83. The third-order valence-corrected chi connectivity index (χ3v) is 2.17. The first-order valence-electron chi connectivity index (χ1n) is 4.59. The summed E-state index contributed by atoms with van der Waals surface area (Å²) in [6.45, 7) is 4.93. The highest BCUT2D eigenvalue weighted by Gasteiger charge is 2.30. The fourth-order valence-electron chi connectivity index (χ4n) is 1.36. The first-order valence-corrected chi connectivity index (χ1v) is 4.59. The van der Waals surface area contributed by atoms with Gasteiger partial charge in [0, 0.05) is 12.4 Å². The van der Waals surface area contributed by atoms with Gasteiger partial charge in [-0.1, -0.05) is 6.92 Å². The first kappa shape index (κ1) is 10.7. The number of rotatable bonds is 5. The van der Waals surface area contributed by atoms with Crippen LogP contribution in [0.1, 0.15) is 13.8 Å². The molecule has 14 heavy (non-hydrogen) atoms. The van der Waals surface area contributed by atoms with Crippen molar-refractivity contribution in [2.24, 2.45) is 5.73 Å². The Balaban J connectivity index is 2.74. The maximum atomic E-state index is 11.3. The number of aromatic nitrogens is 2. The summed E-state index contributed by atoms with van der Waals surface area (Å²) in [5.41, 5.74) is 4.63. The van der Waals surface area contributed by atoms with Crippen LogP contribution in [-0.2, 0) is 11.3 Å². The van der Waals surface area contributed by atoms with E-state index in [4.69, 9.17) is 5.73 Å². The standard InChI is InChI=1S/C9H16N4O/c1-3-12-9(2,8(10)14)6-13-5-4-11-7-13/h4-5,7,12H,3,6H2,1-2H3,(H2,10,14). The molecule has 0 fully saturated rings. The van der Waals surface area contributed by atoms with E-state index in [0.717, 1.165) is 0 Å². The van der Waals surface area contributed by atoms with Gasteiger partial charge in [-0.3, -0.25) is 4.79 Å². The van der Waals surface area contributed by atoms with Crippen LogP contribution >= 0.6 is 0 Å². The third-order valence-electron chi connectivity index (χ3n) is 2.17. The molecule has 1 aromatic rings. The third kappa shape index (κ3) is 2.32. The summed E-state index contributed by atoms with van der Waals surface area (Å²) >= 11 is 0. The molecule has 0 saturated heterocycles. The monoisotopic (exact) mass is 196 g/mol. The molecule has 0 aliphatic carbocycles. The first-order chi connectivity index (χ1) is 6.58. The lowest BCUT2D eigenvalue weighted by molar-refractivity contribution is -0.124. The molecule has 1 unspecified atom stereocenters. The van der Waals surface area contributed by atoms with E-state index in [0.29, 0.717) is 13.1 Å². The average molecular weight is 196 g/mol. The Morgan fingerprint density at radius 3 is 2.86 bits per heavy atom. The van der Waals surface area contributed by atoms with Crippen molar-refractivity contribution in [1.29, 1.82) is 0 Å². The second kappa shape index (κ2) is 4.23. The fourth-order valence-corrected chi connectivity index (χ4v) is 1.36. The van der Waals surface area contributed by atoms with Crippen LogP contribution in [-0.4, -0.2) is 27.5 Å². The van der Waals surface area contributed by atoms with E-state index in [9.17, 15) is 4.79 Å². The molecular formula is C9H16N4O. The number of hydrogen-bond acceptors (Lipinski definition) is 3. The van der Waals surface area contributed by atoms with Gasteiger partial charge in [-0.25, -0.2) is 4.98 Å². The number of carbonyl (C=O) groups is 1. The topological polar surface area (TPSA) is 72.9 Å². The van der Waals surface area contributed by atoms with Gasteiger partial charge in [-0.05, 0) is 13.5 Å². The van der Waals surface area contributed by atoms with E-state index >= 15 is 0 Å². The lowest BCUT2D eigenvalue weighted by Gasteiger charge is -2.27. The Morgan fingerprint density at radius 2 is 2.43 bits per heavy atom. The minimum absolute atomic E-state index is 0.354. The van der Waals surface area contributed by atoms with Crippen LogP contribution in [0.3, 0.4) is 0 Å². The van der Waals surface area contributed by atoms with Crippen molar-refractivity contribution < 1.29 is 4.79 Å². The van der Waals surface area contributed by atoms with Crippen LogP contribution in [0.15, 0.2) is 18.7 Å². The molecule has 0 radical (unpaired) electrons. The Bertz CT molecular complexity index is 296. The van der Waals surface area contributed by atoms with Crippen LogP contribution in [0.2, 0.25) is 0 Å². The Labute approximate surface area is 83.3 Å². The zero-order chi connectivity index (χ0) is 10.6. The van der Waals surface area contributed by atoms with E-state index in [1.54, 1.807) is 25.6 Å². The zero-order valence-corrected chi connectivity index (χ0v) is 8.53. The van der Waals surface area contributed by atoms with Gasteiger partial charge in [0.25, 0.3) is 0 Å². The van der Waals surface area contributed by atoms with E-state index in [2.05, 4.69) is 10.3 Å². The van der Waals surface area contributed by atoms with Crippen LogP contribution < -0.4 is 11.1 Å². The number of nitrogens with one attached hydrogen (secondary N) is 1. The van der Waals surface area contributed by atoms with Crippen LogP contribution in [0.4, 0.5) is 0 Å². The molecule has 1 rings (SSSR count). The largest absolute Gasteiger partial charge is 0.368 e. The SMILES string of the molecule is CCNC(C)(Cn1ccnc1)C(N)=O. The molecule has 0 bridgehead atoms. The molecule has 1 amide bonds. The van der Waals surface area contributed by atoms with Crippen LogP contribution in [0.25, 0.3) is 0 Å². The van der Waals surface area contributed by atoms with Crippen molar-refractivity contribution >= 4 is 5.91 Å². The molecule has 0 spiro atoms. The van der Waals surface area contributed by atoms with Gasteiger partial charge in [-0.2, -0.15) is 0 Å². The number of imidazole rings is 1. The van der Waals surface area contributed by atoms with Gasteiger partial charge in [0.15, 0.2) is 0 Å². The van der Waals surface area contributed by atoms with Crippen molar-refractivity contribution in [3.8, 4) is 0 Å². The van der Waals surface area contributed by atoms with Crippen molar-refractivity contribution in [3.05, 3.63) is 18.7 Å². The molecule has 0 aliphatic rings. The van der Waals surface area contributed by atoms with Gasteiger partial charge >= 0.3 is 0 Å². The predicted molar refractivity (Wildman–Crippen MR) is 53.5 cm³/mol. The molecule has 1 heterocycles. The molecule has 0 saturated carbocycles. The fraction of sp³-hybridized carbons (Fsp3) is 0.556. The molecule has 3 N–H and O–H groups in total. The molecule has 1 aromatic heterocycles. The van der Waals surface area contributed by atoms with Gasteiger partial charge < -0.3 is 15.6 Å². The van der Waals surface area contributed by atoms with Gasteiger partial charge in [-0.15, -0.1) is 0 Å². The van der Waals surface area contributed by atoms with Crippen molar-refractivity contribution in [2.75, 3.05) is 6.54 Å². The normalized spacial score (nSPS) is 15.0. The number of likely N-dealkylation sites (N-methyl/N-ethyl adjacent to an activating group) is 1. The highest BCUT2D eigenvalue weighted by atomic mass is 16.1. The quantitative estimate of drug-likeness (QED) is 0.681. The zero-order valence-electron chi connectivity index (χ0n) is 8.53. The Morgan fingerprint density at radius 1 is 1.71 bits per heavy atom. The van der Waals surface area contributed by atoms with Crippen LogP contribution in [0, 0.1) is 0 Å². The molecule has 1 atom stereocenters. The lowest BCUT2D eigenvalue weighted by Crippen LogP contribution is -2.55. The average Bonchev–Trinajstić information content (AvgIpc) is 2.56. The summed E-state index contributed by atoms with van der Waals surface area (Å²) in [7, 11) is 0. The van der Waals surface area contributed by atoms with E-state index in [-0.39, 0.29) is 5.91 Å². The molecule has 5 heteroatoms. The second-order valence-corrected chi connectivity index (χ2v) is 3.46. The number of nitrogens with two attached hydrogens (primary N) is 1. The van der Waals surface area contributed by atoms with E-state index < -0.39 is 5.54 Å². The maximum absolute atomic E-state index is 11.3. The van der Waals surface area contributed by atoms with Crippen molar-refractivity contribution in [2.45, 2.75) is 25.9 Å². The van der Waals surface area contributed by atoms with Gasteiger partial charge in [0.1, 0.15) is 5.54 Å². The van der Waals surface area contributed by atoms with Crippen molar-refractivity contribution in [1.82, 2.24) is 14.9 Å². The number of hydrogen-bond donors (Lipinski definition) is 2. The second-order valence-electron chi connectivity index (χ2n) is 3.46. The van der Waals surface area contributed by atoms with Crippen molar-refractivity contribution in [3.63, 3.8) is 0 Å². The molecule has 5 nitrogen and oxygen atoms in total. The highest BCUT2D eigenvalue weighted by Crippen LogP contribution is 2.06. The summed E-state index contributed by atoms with van der Waals surface area (Å²) in [4.78, 5) is 15.2. The highest BCUT2D eigenvalue weighted by molar-refractivity contribution is 5.84. The van der Waals surface area contributed by atoms with Gasteiger partial charge in [0.2, 0.25) is 5.91 Å². The Kier molecular flexibility index (Phi) is 3.24. The smallest absolute Gasteiger partial charge is 0.239 e. The summed E-state index contributed by atoms with van der Waals surface area (Å²) in [6, 6.07) is 0. The molecule has 0 aliphatic heterocycles. The molecular weight excluding hydrogens is 180 g/mol. The number of amides is 1. The Hall–Kier alpha value is -1.36. The minimum Gasteiger partial charge on any atom is -0.368 e. The van der Waals surface area contributed by atoms with Crippen LogP contribution in [0.5, 0.6) is 0 Å². The summed E-state index contributed by atoms with van der Waals surface area (Å²) in [5, 5.41) is 3.07. The molecule has 78 valence electrons. The van der Waals surface area contributed by atoms with E-state index in [1.165, 1.54) is 0 Å². The maximum Gasteiger partial charge on any atom is 0.239 e. The van der Waals surface area contributed by atoms with Gasteiger partial charge in [0.05, 0.1) is 12.9 Å². The predicted octanol–water partition coefficient (Wildman–Crippen LogP) is -0.263. The summed E-state index contributed by atoms with van der Waals surface area (Å²) in [5.74, 6) is -0.354. The lowest BCUT2D eigenvalue weighted by atomic mass is 10.0. The number of carbonyl (C=O) groups excluding carboxylic acids is 1. The van der Waals surface area contributed by atoms with E-state index in [1.807, 2.05) is 11.5 Å². The summed E-state index contributed by atoms with van der Waals surface area (Å²) in [6.07, 6.45) is 5.14. The number of nitrogens with zero attached hydrogens (tertiary/aromatic N) is 2. The number of primary amides is 1. The minimum atomic E-state index is -0.713.